The molecule has 1 heterocycles. The summed E-state index contributed by atoms with van der Waals surface area (Å²) in [6.07, 6.45) is 0. The number of H-pyrrole nitrogens is 1. The van der Waals surface area contributed by atoms with Gasteiger partial charge in [0.15, 0.2) is 0 Å². The van der Waals surface area contributed by atoms with Gasteiger partial charge in [0.25, 0.3) is 5.56 Å². The molecule has 78 valence electrons. The number of rotatable bonds is 1. The van der Waals surface area contributed by atoms with Gasteiger partial charge in [-0.1, -0.05) is 19.9 Å². The minimum absolute atomic E-state index is 0.0710. The van der Waals surface area contributed by atoms with Crippen LogP contribution >= 0.6 is 0 Å². The molecular weight excluding hydrogens is 195 g/mol. The summed E-state index contributed by atoms with van der Waals surface area (Å²) in [5.41, 5.74) is -0.145. The molecule has 0 spiro atoms. The summed E-state index contributed by atoms with van der Waals surface area (Å²) >= 11 is 0. The number of hydrogen-bond acceptors (Lipinski definition) is 2. The first kappa shape index (κ1) is 9.83. The van der Waals surface area contributed by atoms with E-state index in [1.165, 1.54) is 12.1 Å². The molecule has 0 bridgehead atoms. The minimum atomic E-state index is -0.458. The second-order valence-electron chi connectivity index (χ2n) is 3.74. The molecule has 0 saturated heterocycles. The lowest BCUT2D eigenvalue weighted by Crippen LogP contribution is -2.13. The van der Waals surface area contributed by atoms with E-state index in [4.69, 9.17) is 0 Å². The number of aromatic nitrogens is 2. The average Bonchev–Trinajstić information content (AvgIpc) is 2.19. The maximum absolute atomic E-state index is 13.4. The third-order valence-corrected chi connectivity index (χ3v) is 2.25. The second kappa shape index (κ2) is 3.46. The van der Waals surface area contributed by atoms with E-state index in [0.717, 1.165) is 0 Å². The van der Waals surface area contributed by atoms with Crippen LogP contribution in [0.3, 0.4) is 0 Å². The fourth-order valence-electron chi connectivity index (χ4n) is 1.42. The van der Waals surface area contributed by atoms with Gasteiger partial charge >= 0.3 is 0 Å². The summed E-state index contributed by atoms with van der Waals surface area (Å²) in [7, 11) is 0. The van der Waals surface area contributed by atoms with Crippen LogP contribution in [0.5, 0.6) is 0 Å². The first-order valence-corrected chi connectivity index (χ1v) is 4.78. The van der Waals surface area contributed by atoms with E-state index < -0.39 is 5.82 Å². The number of hydrogen-bond donors (Lipinski definition) is 1. The van der Waals surface area contributed by atoms with E-state index >= 15 is 0 Å². The molecular formula is C11H11FN2O. The van der Waals surface area contributed by atoms with E-state index in [1.807, 2.05) is 13.8 Å². The highest BCUT2D eigenvalue weighted by molar-refractivity contribution is 5.77. The Morgan fingerprint density at radius 2 is 2.13 bits per heavy atom. The monoisotopic (exact) mass is 206 g/mol. The summed E-state index contributed by atoms with van der Waals surface area (Å²) in [6, 6.07) is 4.37. The summed E-state index contributed by atoms with van der Waals surface area (Å²) in [5, 5.41) is 0.291. The van der Waals surface area contributed by atoms with Gasteiger partial charge in [0.2, 0.25) is 0 Å². The zero-order valence-corrected chi connectivity index (χ0v) is 8.54. The number of benzene rings is 1. The Bertz CT molecular complexity index is 560. The van der Waals surface area contributed by atoms with Crippen LogP contribution in [0.1, 0.15) is 25.6 Å². The molecule has 0 amide bonds. The van der Waals surface area contributed by atoms with Crippen LogP contribution in [-0.2, 0) is 0 Å². The predicted molar refractivity (Wildman–Crippen MR) is 56.4 cm³/mol. The Balaban J connectivity index is 2.86. The minimum Gasteiger partial charge on any atom is -0.310 e. The zero-order chi connectivity index (χ0) is 11.0. The summed E-state index contributed by atoms with van der Waals surface area (Å²) in [5.74, 6) is 0.125. The molecule has 0 radical (unpaired) electrons. The zero-order valence-electron chi connectivity index (χ0n) is 8.54. The largest absolute Gasteiger partial charge is 0.310 e. The van der Waals surface area contributed by atoms with Crippen molar-refractivity contribution in [3.8, 4) is 0 Å². The molecule has 0 aliphatic heterocycles. The van der Waals surface area contributed by atoms with E-state index in [1.54, 1.807) is 6.07 Å². The highest BCUT2D eigenvalue weighted by Crippen LogP contribution is 2.14. The van der Waals surface area contributed by atoms with Crippen LogP contribution in [0.4, 0.5) is 4.39 Å². The standard InChI is InChI=1S/C11H11FN2O/c1-6(2)10-13-9-7(11(15)14-10)4-3-5-8(9)12/h3-6H,1-2H3,(H,13,14,15). The van der Waals surface area contributed by atoms with Crippen molar-refractivity contribution in [2.75, 3.05) is 0 Å². The molecule has 0 unspecified atom stereocenters. The first-order chi connectivity index (χ1) is 7.09. The van der Waals surface area contributed by atoms with E-state index in [-0.39, 0.29) is 17.0 Å². The van der Waals surface area contributed by atoms with Gasteiger partial charge in [0.1, 0.15) is 17.2 Å². The molecule has 0 aliphatic rings. The maximum Gasteiger partial charge on any atom is 0.258 e. The third-order valence-electron chi connectivity index (χ3n) is 2.25. The smallest absolute Gasteiger partial charge is 0.258 e. The maximum atomic E-state index is 13.4. The summed E-state index contributed by atoms with van der Waals surface area (Å²) < 4.78 is 13.4. The van der Waals surface area contributed by atoms with E-state index in [0.29, 0.717) is 11.2 Å². The molecule has 1 N–H and O–H groups in total. The number of nitrogens with one attached hydrogen (secondary N) is 1. The number of fused-ring (bicyclic) bond motifs is 1. The Morgan fingerprint density at radius 3 is 2.80 bits per heavy atom. The third kappa shape index (κ3) is 1.63. The number of aromatic amines is 1. The molecule has 15 heavy (non-hydrogen) atoms. The van der Waals surface area contributed by atoms with Gasteiger partial charge in [0, 0.05) is 5.92 Å². The van der Waals surface area contributed by atoms with E-state index in [9.17, 15) is 9.18 Å². The van der Waals surface area contributed by atoms with Crippen molar-refractivity contribution in [3.63, 3.8) is 0 Å². The highest BCUT2D eigenvalue weighted by atomic mass is 19.1. The first-order valence-electron chi connectivity index (χ1n) is 4.78. The molecule has 4 heteroatoms. The Kier molecular flexibility index (Phi) is 2.26. The second-order valence-corrected chi connectivity index (χ2v) is 3.74. The van der Waals surface area contributed by atoms with Crippen molar-refractivity contribution in [2.24, 2.45) is 0 Å². The summed E-state index contributed by atoms with van der Waals surface area (Å²) in [4.78, 5) is 18.3. The highest BCUT2D eigenvalue weighted by Gasteiger charge is 2.09. The van der Waals surface area contributed by atoms with Crippen LogP contribution in [0.25, 0.3) is 10.9 Å². The van der Waals surface area contributed by atoms with Crippen LogP contribution in [-0.4, -0.2) is 9.97 Å². The SMILES string of the molecule is CC(C)c1nc2c(F)cccc2c(=O)[nH]1. The number of nitrogens with zero attached hydrogens (tertiary/aromatic N) is 1. The molecule has 2 rings (SSSR count). The van der Waals surface area contributed by atoms with Gasteiger partial charge in [-0.2, -0.15) is 0 Å². The van der Waals surface area contributed by atoms with Gasteiger partial charge in [-0.3, -0.25) is 4.79 Å². The van der Waals surface area contributed by atoms with Crippen LogP contribution in [0.15, 0.2) is 23.0 Å². The van der Waals surface area contributed by atoms with Gasteiger partial charge in [-0.15, -0.1) is 0 Å². The quantitative estimate of drug-likeness (QED) is 0.777. The van der Waals surface area contributed by atoms with E-state index in [2.05, 4.69) is 9.97 Å². The Labute approximate surface area is 86.0 Å². The fourth-order valence-corrected chi connectivity index (χ4v) is 1.42. The van der Waals surface area contributed by atoms with Crippen LogP contribution in [0.2, 0.25) is 0 Å². The van der Waals surface area contributed by atoms with Crippen molar-refractivity contribution in [3.05, 3.63) is 40.2 Å². The normalized spacial score (nSPS) is 11.2. The number of halogens is 1. The Hall–Kier alpha value is -1.71. The van der Waals surface area contributed by atoms with Crippen molar-refractivity contribution in [1.82, 2.24) is 9.97 Å². The summed E-state index contributed by atoms with van der Waals surface area (Å²) in [6.45, 7) is 3.79. The van der Waals surface area contributed by atoms with Crippen molar-refractivity contribution >= 4 is 10.9 Å². The van der Waals surface area contributed by atoms with Crippen LogP contribution in [0, 0.1) is 5.82 Å². The fraction of sp³-hybridized carbons (Fsp3) is 0.273. The molecule has 0 atom stereocenters. The van der Waals surface area contributed by atoms with Gasteiger partial charge in [-0.25, -0.2) is 9.37 Å². The molecule has 0 aliphatic carbocycles. The molecule has 1 aromatic heterocycles. The van der Waals surface area contributed by atoms with Crippen LogP contribution < -0.4 is 5.56 Å². The lowest BCUT2D eigenvalue weighted by Gasteiger charge is -2.05. The van der Waals surface area contributed by atoms with Gasteiger partial charge < -0.3 is 4.98 Å². The number of para-hydroxylation sites is 1. The van der Waals surface area contributed by atoms with Crippen molar-refractivity contribution in [2.45, 2.75) is 19.8 Å². The molecule has 0 fully saturated rings. The van der Waals surface area contributed by atoms with Gasteiger partial charge in [-0.05, 0) is 12.1 Å². The average molecular weight is 206 g/mol. The predicted octanol–water partition coefficient (Wildman–Crippen LogP) is 2.19. The topological polar surface area (TPSA) is 45.8 Å². The lowest BCUT2D eigenvalue weighted by atomic mass is 10.2. The molecule has 0 saturated carbocycles. The van der Waals surface area contributed by atoms with Crippen molar-refractivity contribution in [1.29, 1.82) is 0 Å². The van der Waals surface area contributed by atoms with Crippen molar-refractivity contribution < 1.29 is 4.39 Å². The molecule has 3 nitrogen and oxygen atoms in total. The molecule has 2 aromatic rings. The Morgan fingerprint density at radius 1 is 1.40 bits per heavy atom. The van der Waals surface area contributed by atoms with Gasteiger partial charge in [0.05, 0.1) is 5.39 Å². The molecule has 1 aromatic carbocycles. The lowest BCUT2D eigenvalue weighted by molar-refractivity contribution is 0.634.